The monoisotopic (exact) mass is 295 g/mol. The molecule has 1 N–H and O–H groups in total. The van der Waals surface area contributed by atoms with E-state index in [-0.39, 0.29) is 0 Å². The van der Waals surface area contributed by atoms with Crippen molar-refractivity contribution >= 4 is 0 Å². The van der Waals surface area contributed by atoms with Gasteiger partial charge in [0.1, 0.15) is 0 Å². The lowest BCUT2D eigenvalue weighted by molar-refractivity contribution is 0.213. The summed E-state index contributed by atoms with van der Waals surface area (Å²) in [5.74, 6) is 1.81. The highest BCUT2D eigenvalue weighted by Gasteiger charge is 2.27. The topological polar surface area (TPSA) is 12.0 Å². The van der Waals surface area contributed by atoms with Crippen LogP contribution >= 0.6 is 0 Å². The van der Waals surface area contributed by atoms with Gasteiger partial charge in [0.15, 0.2) is 0 Å². The fraction of sp³-hybridized carbons (Fsp3) is 1.00. The Kier molecular flexibility index (Phi) is 8.94. The van der Waals surface area contributed by atoms with Crippen molar-refractivity contribution in [2.75, 3.05) is 6.54 Å². The standard InChI is InChI=1S/C20H41N/c1-17(2)11-8-6-7-9-16-21-19-13-10-12-18(14-15-19)20(3,4)5/h17-19,21H,6-16H2,1-5H3. The van der Waals surface area contributed by atoms with E-state index in [0.29, 0.717) is 5.41 Å². The molecule has 0 aliphatic heterocycles. The molecular formula is C20H41N. The Labute approximate surface area is 134 Å². The zero-order valence-electron chi connectivity index (χ0n) is 15.5. The third-order valence-corrected chi connectivity index (χ3v) is 5.33. The number of rotatable bonds is 8. The van der Waals surface area contributed by atoms with E-state index in [4.69, 9.17) is 0 Å². The van der Waals surface area contributed by atoms with Gasteiger partial charge in [0.25, 0.3) is 0 Å². The second kappa shape index (κ2) is 9.87. The highest BCUT2D eigenvalue weighted by molar-refractivity contribution is 4.81. The highest BCUT2D eigenvalue weighted by atomic mass is 14.9. The van der Waals surface area contributed by atoms with Crippen molar-refractivity contribution in [1.82, 2.24) is 5.32 Å². The molecule has 2 atom stereocenters. The Balaban J connectivity index is 2.05. The molecule has 21 heavy (non-hydrogen) atoms. The first-order valence-corrected chi connectivity index (χ1v) is 9.63. The normalized spacial score (nSPS) is 24.3. The predicted molar refractivity (Wildman–Crippen MR) is 95.7 cm³/mol. The van der Waals surface area contributed by atoms with Crippen LogP contribution in [0.4, 0.5) is 0 Å². The number of hydrogen-bond donors (Lipinski definition) is 1. The van der Waals surface area contributed by atoms with Gasteiger partial charge in [-0.3, -0.25) is 0 Å². The predicted octanol–water partition coefficient (Wildman–Crippen LogP) is 6.18. The maximum Gasteiger partial charge on any atom is 0.00671 e. The minimum Gasteiger partial charge on any atom is -0.314 e. The van der Waals surface area contributed by atoms with Crippen molar-refractivity contribution in [3.8, 4) is 0 Å². The Morgan fingerprint density at radius 3 is 2.29 bits per heavy atom. The summed E-state index contributed by atoms with van der Waals surface area (Å²) >= 11 is 0. The van der Waals surface area contributed by atoms with Crippen LogP contribution in [-0.2, 0) is 0 Å². The summed E-state index contributed by atoms with van der Waals surface area (Å²) in [4.78, 5) is 0. The second-order valence-corrected chi connectivity index (χ2v) is 8.82. The van der Waals surface area contributed by atoms with E-state index < -0.39 is 0 Å². The average Bonchev–Trinajstić information content (AvgIpc) is 2.62. The van der Waals surface area contributed by atoms with Gasteiger partial charge in [0.05, 0.1) is 0 Å². The summed E-state index contributed by atoms with van der Waals surface area (Å²) in [6, 6.07) is 0.799. The maximum atomic E-state index is 3.83. The van der Waals surface area contributed by atoms with Gasteiger partial charge in [-0.25, -0.2) is 0 Å². The van der Waals surface area contributed by atoms with Crippen LogP contribution in [0.5, 0.6) is 0 Å². The van der Waals surface area contributed by atoms with E-state index in [1.165, 1.54) is 70.8 Å². The zero-order chi connectivity index (χ0) is 15.7. The van der Waals surface area contributed by atoms with Gasteiger partial charge in [-0.15, -0.1) is 0 Å². The number of unbranched alkanes of at least 4 members (excludes halogenated alkanes) is 3. The van der Waals surface area contributed by atoms with E-state index in [0.717, 1.165) is 17.9 Å². The largest absolute Gasteiger partial charge is 0.314 e. The molecule has 0 bridgehead atoms. The molecule has 1 aliphatic rings. The van der Waals surface area contributed by atoms with Crippen molar-refractivity contribution in [1.29, 1.82) is 0 Å². The lowest BCUT2D eigenvalue weighted by Crippen LogP contribution is -2.29. The third kappa shape index (κ3) is 8.86. The molecule has 0 aromatic carbocycles. The molecule has 1 aliphatic carbocycles. The number of hydrogen-bond acceptors (Lipinski definition) is 1. The molecule has 0 aromatic heterocycles. The molecular weight excluding hydrogens is 254 g/mol. The summed E-state index contributed by atoms with van der Waals surface area (Å²) in [5.41, 5.74) is 0.505. The first-order chi connectivity index (χ1) is 9.89. The fourth-order valence-corrected chi connectivity index (χ4v) is 3.71. The van der Waals surface area contributed by atoms with Crippen LogP contribution in [0.25, 0.3) is 0 Å². The first kappa shape index (κ1) is 19.0. The molecule has 0 radical (unpaired) electrons. The lowest BCUT2D eigenvalue weighted by Gasteiger charge is -2.29. The maximum absolute atomic E-state index is 3.83. The van der Waals surface area contributed by atoms with Gasteiger partial charge in [-0.2, -0.15) is 0 Å². The Morgan fingerprint density at radius 2 is 1.62 bits per heavy atom. The minimum atomic E-state index is 0.505. The molecule has 0 amide bonds. The summed E-state index contributed by atoms with van der Waals surface area (Å²) in [7, 11) is 0. The van der Waals surface area contributed by atoms with E-state index in [2.05, 4.69) is 39.9 Å². The van der Waals surface area contributed by atoms with Crippen LogP contribution in [0.15, 0.2) is 0 Å². The molecule has 1 rings (SSSR count). The molecule has 126 valence electrons. The van der Waals surface area contributed by atoms with E-state index >= 15 is 0 Å². The third-order valence-electron chi connectivity index (χ3n) is 5.33. The second-order valence-electron chi connectivity index (χ2n) is 8.82. The van der Waals surface area contributed by atoms with Crippen LogP contribution in [0.3, 0.4) is 0 Å². The smallest absolute Gasteiger partial charge is 0.00671 e. The van der Waals surface area contributed by atoms with Gasteiger partial charge >= 0.3 is 0 Å². The van der Waals surface area contributed by atoms with Crippen LogP contribution in [0.1, 0.15) is 98.8 Å². The lowest BCUT2D eigenvalue weighted by atomic mass is 9.76. The zero-order valence-corrected chi connectivity index (χ0v) is 15.5. The number of nitrogens with one attached hydrogen (secondary N) is 1. The Hall–Kier alpha value is -0.0400. The molecule has 0 aromatic rings. The van der Waals surface area contributed by atoms with Gasteiger partial charge in [0.2, 0.25) is 0 Å². The van der Waals surface area contributed by atoms with Crippen LogP contribution in [-0.4, -0.2) is 12.6 Å². The molecule has 0 saturated heterocycles. The van der Waals surface area contributed by atoms with Gasteiger partial charge in [-0.1, -0.05) is 66.7 Å². The molecule has 1 saturated carbocycles. The summed E-state index contributed by atoms with van der Waals surface area (Å²) in [6.45, 7) is 13.2. The van der Waals surface area contributed by atoms with Crippen molar-refractivity contribution in [2.24, 2.45) is 17.3 Å². The van der Waals surface area contributed by atoms with Gasteiger partial charge in [0, 0.05) is 6.04 Å². The molecule has 1 heteroatoms. The molecule has 1 fully saturated rings. The summed E-state index contributed by atoms with van der Waals surface area (Å²) in [6.07, 6.45) is 14.1. The van der Waals surface area contributed by atoms with E-state index in [1.807, 2.05) is 0 Å². The van der Waals surface area contributed by atoms with E-state index in [1.54, 1.807) is 0 Å². The van der Waals surface area contributed by atoms with Gasteiger partial charge < -0.3 is 5.32 Å². The van der Waals surface area contributed by atoms with Crippen molar-refractivity contribution in [2.45, 2.75) is 105 Å². The average molecular weight is 296 g/mol. The molecule has 2 unspecified atom stereocenters. The van der Waals surface area contributed by atoms with Crippen LogP contribution < -0.4 is 5.32 Å². The first-order valence-electron chi connectivity index (χ1n) is 9.63. The minimum absolute atomic E-state index is 0.505. The SMILES string of the molecule is CC(C)CCCCCCNC1CCCC(C(C)(C)C)CC1. The van der Waals surface area contributed by atoms with Crippen LogP contribution in [0, 0.1) is 17.3 Å². The van der Waals surface area contributed by atoms with Crippen molar-refractivity contribution < 1.29 is 0 Å². The Morgan fingerprint density at radius 1 is 0.905 bits per heavy atom. The van der Waals surface area contributed by atoms with Crippen molar-refractivity contribution in [3.05, 3.63) is 0 Å². The van der Waals surface area contributed by atoms with Crippen LogP contribution in [0.2, 0.25) is 0 Å². The van der Waals surface area contributed by atoms with Crippen molar-refractivity contribution in [3.63, 3.8) is 0 Å². The molecule has 1 nitrogen and oxygen atoms in total. The molecule has 0 spiro atoms. The summed E-state index contributed by atoms with van der Waals surface area (Å²) in [5, 5.41) is 3.83. The Bertz CT molecular complexity index is 251. The van der Waals surface area contributed by atoms with E-state index in [9.17, 15) is 0 Å². The summed E-state index contributed by atoms with van der Waals surface area (Å²) < 4.78 is 0. The fourth-order valence-electron chi connectivity index (χ4n) is 3.71. The molecule has 0 heterocycles. The highest BCUT2D eigenvalue weighted by Crippen LogP contribution is 2.36. The van der Waals surface area contributed by atoms with Gasteiger partial charge in [-0.05, 0) is 55.9 Å². The quantitative estimate of drug-likeness (QED) is 0.416.